The topological polar surface area (TPSA) is 58.5 Å². The summed E-state index contributed by atoms with van der Waals surface area (Å²) in [6.07, 6.45) is 1.87. The first-order chi connectivity index (χ1) is 13.4. The van der Waals surface area contributed by atoms with E-state index in [1.807, 2.05) is 13.8 Å². The molecule has 1 fully saturated rings. The number of hydrogen-bond donors (Lipinski definition) is 2. The maximum atomic E-state index is 12.6. The summed E-state index contributed by atoms with van der Waals surface area (Å²) < 4.78 is 43.5. The van der Waals surface area contributed by atoms with E-state index in [1.54, 1.807) is 0 Å². The number of rotatable bonds is 10. The molecule has 0 amide bonds. The highest BCUT2D eigenvalue weighted by atomic mass is 127. The van der Waals surface area contributed by atoms with Gasteiger partial charge in [0.1, 0.15) is 0 Å². The van der Waals surface area contributed by atoms with Gasteiger partial charge in [-0.25, -0.2) is 4.98 Å². The summed E-state index contributed by atoms with van der Waals surface area (Å²) in [7, 11) is 0. The van der Waals surface area contributed by atoms with Crippen LogP contribution in [0.1, 0.15) is 56.7 Å². The van der Waals surface area contributed by atoms with Crippen molar-refractivity contribution in [2.24, 2.45) is 10.4 Å². The SMILES string of the molecule is CCNC(=NCC1(CCOCC)CCCC1)NCCc1nc(C(F)(F)F)cs1.I. The van der Waals surface area contributed by atoms with E-state index in [9.17, 15) is 13.2 Å². The second kappa shape index (κ2) is 12.9. The Morgan fingerprint density at radius 3 is 2.59 bits per heavy atom. The zero-order chi connectivity index (χ0) is 20.5. The van der Waals surface area contributed by atoms with Crippen LogP contribution >= 0.6 is 35.3 Å². The van der Waals surface area contributed by atoms with Crippen LogP contribution in [-0.4, -0.2) is 43.8 Å². The molecule has 1 aromatic rings. The predicted molar refractivity (Wildman–Crippen MR) is 122 cm³/mol. The number of alkyl halides is 3. The number of nitrogens with zero attached hydrogens (tertiary/aromatic N) is 2. The van der Waals surface area contributed by atoms with Gasteiger partial charge in [-0.05, 0) is 38.5 Å². The molecule has 2 N–H and O–H groups in total. The molecule has 1 aliphatic carbocycles. The smallest absolute Gasteiger partial charge is 0.382 e. The lowest BCUT2D eigenvalue weighted by atomic mass is 9.83. The van der Waals surface area contributed by atoms with Crippen molar-refractivity contribution in [2.75, 3.05) is 32.8 Å². The zero-order valence-electron chi connectivity index (χ0n) is 17.1. The number of halogens is 4. The fourth-order valence-corrected chi connectivity index (χ4v) is 4.28. The van der Waals surface area contributed by atoms with E-state index in [0.717, 1.165) is 49.4 Å². The van der Waals surface area contributed by atoms with Crippen molar-refractivity contribution in [1.29, 1.82) is 0 Å². The molecule has 2 rings (SSSR count). The monoisotopic (exact) mass is 548 g/mol. The minimum Gasteiger partial charge on any atom is -0.382 e. The van der Waals surface area contributed by atoms with Gasteiger partial charge in [0, 0.05) is 44.6 Å². The highest BCUT2D eigenvalue weighted by molar-refractivity contribution is 14.0. The molecule has 1 saturated carbocycles. The second-order valence-corrected chi connectivity index (χ2v) is 8.09. The highest BCUT2D eigenvalue weighted by Gasteiger charge is 2.34. The number of aliphatic imine (C=N–C) groups is 1. The summed E-state index contributed by atoms with van der Waals surface area (Å²) in [6, 6.07) is 0. The average molecular weight is 548 g/mol. The van der Waals surface area contributed by atoms with Crippen molar-refractivity contribution in [2.45, 2.75) is 58.5 Å². The molecular weight excluding hydrogens is 516 g/mol. The number of ether oxygens (including phenoxy) is 1. The van der Waals surface area contributed by atoms with E-state index in [2.05, 4.69) is 15.6 Å². The molecule has 10 heteroatoms. The average Bonchev–Trinajstić information content (AvgIpc) is 3.30. The van der Waals surface area contributed by atoms with Crippen molar-refractivity contribution in [3.05, 3.63) is 16.1 Å². The van der Waals surface area contributed by atoms with E-state index in [1.165, 1.54) is 25.7 Å². The van der Waals surface area contributed by atoms with Crippen molar-refractivity contribution < 1.29 is 17.9 Å². The summed E-state index contributed by atoms with van der Waals surface area (Å²) in [5.74, 6) is 0.706. The predicted octanol–water partition coefficient (Wildman–Crippen LogP) is 4.86. The van der Waals surface area contributed by atoms with Crippen molar-refractivity contribution >= 4 is 41.3 Å². The van der Waals surface area contributed by atoms with Crippen LogP contribution in [0.15, 0.2) is 10.4 Å². The lowest BCUT2D eigenvalue weighted by molar-refractivity contribution is -0.140. The summed E-state index contributed by atoms with van der Waals surface area (Å²) in [5, 5.41) is 7.97. The number of guanidine groups is 1. The van der Waals surface area contributed by atoms with Crippen LogP contribution < -0.4 is 10.6 Å². The Morgan fingerprint density at radius 1 is 1.28 bits per heavy atom. The first-order valence-corrected chi connectivity index (χ1v) is 10.9. The lowest BCUT2D eigenvalue weighted by Crippen LogP contribution is -2.39. The van der Waals surface area contributed by atoms with Gasteiger partial charge in [-0.1, -0.05) is 12.8 Å². The van der Waals surface area contributed by atoms with E-state index >= 15 is 0 Å². The molecule has 0 saturated heterocycles. The number of hydrogen-bond acceptors (Lipinski definition) is 4. The Hall–Kier alpha value is -0.620. The summed E-state index contributed by atoms with van der Waals surface area (Å²) >= 11 is 1.04. The summed E-state index contributed by atoms with van der Waals surface area (Å²) in [6.45, 7) is 7.46. The van der Waals surface area contributed by atoms with Gasteiger partial charge < -0.3 is 15.4 Å². The van der Waals surface area contributed by atoms with E-state index < -0.39 is 11.9 Å². The molecule has 29 heavy (non-hydrogen) atoms. The third-order valence-corrected chi connectivity index (χ3v) is 5.94. The molecule has 0 bridgehead atoms. The van der Waals surface area contributed by atoms with E-state index in [0.29, 0.717) is 23.9 Å². The van der Waals surface area contributed by atoms with Gasteiger partial charge in [0.05, 0.1) is 5.01 Å². The molecule has 0 atom stereocenters. The van der Waals surface area contributed by atoms with Crippen LogP contribution in [0.2, 0.25) is 0 Å². The van der Waals surface area contributed by atoms with Gasteiger partial charge in [0.15, 0.2) is 11.7 Å². The van der Waals surface area contributed by atoms with Crippen LogP contribution in [0.5, 0.6) is 0 Å². The van der Waals surface area contributed by atoms with Crippen LogP contribution in [0.25, 0.3) is 0 Å². The molecule has 0 aromatic carbocycles. The van der Waals surface area contributed by atoms with Crippen LogP contribution in [-0.2, 0) is 17.3 Å². The molecule has 1 aliphatic rings. The Kier molecular flexibility index (Phi) is 11.8. The van der Waals surface area contributed by atoms with E-state index in [4.69, 9.17) is 9.73 Å². The van der Waals surface area contributed by atoms with Crippen molar-refractivity contribution in [1.82, 2.24) is 15.6 Å². The Balaban J connectivity index is 0.00000420. The minimum atomic E-state index is -4.38. The number of thiazole rings is 1. The molecule has 1 heterocycles. The normalized spacial score (nSPS) is 16.5. The van der Waals surface area contributed by atoms with Gasteiger partial charge in [-0.2, -0.15) is 13.2 Å². The van der Waals surface area contributed by atoms with Gasteiger partial charge in [0.25, 0.3) is 0 Å². The second-order valence-electron chi connectivity index (χ2n) is 7.15. The van der Waals surface area contributed by atoms with Gasteiger partial charge in [0.2, 0.25) is 0 Å². The first-order valence-electron chi connectivity index (χ1n) is 10.00. The maximum Gasteiger partial charge on any atom is 0.434 e. The van der Waals surface area contributed by atoms with Gasteiger partial charge in [-0.3, -0.25) is 4.99 Å². The van der Waals surface area contributed by atoms with Crippen molar-refractivity contribution in [3.8, 4) is 0 Å². The Labute approximate surface area is 192 Å². The van der Waals surface area contributed by atoms with Crippen LogP contribution in [0.4, 0.5) is 13.2 Å². The summed E-state index contributed by atoms with van der Waals surface area (Å²) in [4.78, 5) is 8.43. The Morgan fingerprint density at radius 2 is 2.00 bits per heavy atom. The molecular formula is C19H32F3IN4OS. The molecule has 5 nitrogen and oxygen atoms in total. The fourth-order valence-electron chi connectivity index (χ4n) is 3.48. The van der Waals surface area contributed by atoms with Gasteiger partial charge in [-0.15, -0.1) is 35.3 Å². The maximum absolute atomic E-state index is 12.6. The number of nitrogens with one attached hydrogen (secondary N) is 2. The highest BCUT2D eigenvalue weighted by Crippen LogP contribution is 2.41. The molecule has 0 unspecified atom stereocenters. The molecule has 1 aromatic heterocycles. The van der Waals surface area contributed by atoms with Gasteiger partial charge >= 0.3 is 6.18 Å². The zero-order valence-corrected chi connectivity index (χ0v) is 20.3. The lowest BCUT2D eigenvalue weighted by Gasteiger charge is -2.27. The quantitative estimate of drug-likeness (QED) is 0.190. The standard InChI is InChI=1S/C19H31F3N4OS.HI/c1-3-23-17(24-11-7-16-26-15(13-28-16)19(20,21)22)25-14-18(8-5-6-9-18)10-12-27-4-2;/h13H,3-12,14H2,1-2H3,(H2,23,24,25);1H. The minimum absolute atomic E-state index is 0. The number of aromatic nitrogens is 1. The third kappa shape index (κ3) is 8.95. The molecule has 168 valence electrons. The molecule has 0 spiro atoms. The van der Waals surface area contributed by atoms with Crippen molar-refractivity contribution in [3.63, 3.8) is 0 Å². The summed E-state index contributed by atoms with van der Waals surface area (Å²) in [5.41, 5.74) is -0.611. The van der Waals surface area contributed by atoms with Crippen LogP contribution in [0.3, 0.4) is 0 Å². The third-order valence-electron chi connectivity index (χ3n) is 5.04. The van der Waals surface area contributed by atoms with Crippen LogP contribution in [0, 0.1) is 5.41 Å². The Bertz CT molecular complexity index is 619. The first kappa shape index (κ1) is 26.4. The van der Waals surface area contributed by atoms with E-state index in [-0.39, 0.29) is 29.4 Å². The molecule has 0 radical (unpaired) electrons. The largest absolute Gasteiger partial charge is 0.434 e. The molecule has 0 aliphatic heterocycles. The fraction of sp³-hybridized carbons (Fsp3) is 0.789.